The van der Waals surface area contributed by atoms with E-state index in [-0.39, 0.29) is 27.7 Å². The molecule has 0 saturated heterocycles. The fourth-order valence-electron chi connectivity index (χ4n) is 2.26. The maximum absolute atomic E-state index is 12.6. The Balaban J connectivity index is 2.38. The van der Waals surface area contributed by atoms with Crippen LogP contribution >= 0.6 is 0 Å². The maximum atomic E-state index is 12.6. The second kappa shape index (κ2) is 7.44. The van der Waals surface area contributed by atoms with Crippen LogP contribution in [0.1, 0.15) is 22.8 Å². The summed E-state index contributed by atoms with van der Waals surface area (Å²) >= 11 is 0. The monoisotopic (exact) mass is 378 g/mol. The molecule has 2 rings (SSSR count). The van der Waals surface area contributed by atoms with E-state index in [1.807, 2.05) is 0 Å². The minimum Gasteiger partial charge on any atom is -0.495 e. The van der Waals surface area contributed by atoms with Crippen molar-refractivity contribution in [2.24, 2.45) is 0 Å². The van der Waals surface area contributed by atoms with Crippen molar-refractivity contribution in [3.63, 3.8) is 0 Å². The van der Waals surface area contributed by atoms with Gasteiger partial charge >= 0.3 is 5.97 Å². The van der Waals surface area contributed by atoms with Crippen LogP contribution in [0, 0.1) is 6.92 Å². The number of benzene rings is 2. The molecule has 0 atom stereocenters. The Morgan fingerprint density at radius 3 is 2.31 bits per heavy atom. The van der Waals surface area contributed by atoms with Crippen LogP contribution in [0.5, 0.6) is 5.75 Å². The van der Waals surface area contributed by atoms with Gasteiger partial charge in [-0.3, -0.25) is 9.52 Å². The molecule has 2 aromatic carbocycles. The number of methoxy groups -OCH3 is 1. The first kappa shape index (κ1) is 19.3. The van der Waals surface area contributed by atoms with Gasteiger partial charge in [0.1, 0.15) is 5.75 Å². The van der Waals surface area contributed by atoms with Gasteiger partial charge < -0.3 is 15.2 Å². The van der Waals surface area contributed by atoms with Crippen LogP contribution in [0.3, 0.4) is 0 Å². The van der Waals surface area contributed by atoms with Crippen molar-refractivity contribution < 1.29 is 27.9 Å². The van der Waals surface area contributed by atoms with Gasteiger partial charge in [0.2, 0.25) is 5.91 Å². The summed E-state index contributed by atoms with van der Waals surface area (Å²) in [7, 11) is -2.55. The Hall–Kier alpha value is -3.07. The van der Waals surface area contributed by atoms with Gasteiger partial charge in [0.05, 0.1) is 28.9 Å². The highest BCUT2D eigenvalue weighted by atomic mass is 32.2. The zero-order valence-corrected chi connectivity index (χ0v) is 15.2. The van der Waals surface area contributed by atoms with Crippen LogP contribution in [-0.2, 0) is 14.8 Å². The number of nitrogens with one attached hydrogen (secondary N) is 2. The van der Waals surface area contributed by atoms with Gasteiger partial charge in [-0.1, -0.05) is 0 Å². The number of sulfonamides is 1. The number of carboxylic acids is 1. The van der Waals surface area contributed by atoms with Crippen LogP contribution in [0.4, 0.5) is 11.4 Å². The molecule has 26 heavy (non-hydrogen) atoms. The van der Waals surface area contributed by atoms with E-state index in [0.29, 0.717) is 11.3 Å². The summed E-state index contributed by atoms with van der Waals surface area (Å²) in [4.78, 5) is 22.2. The van der Waals surface area contributed by atoms with Crippen molar-refractivity contribution in [3.05, 3.63) is 47.5 Å². The van der Waals surface area contributed by atoms with Gasteiger partial charge in [0.25, 0.3) is 10.0 Å². The van der Waals surface area contributed by atoms with Crippen molar-refractivity contribution in [1.82, 2.24) is 0 Å². The van der Waals surface area contributed by atoms with Crippen LogP contribution < -0.4 is 14.8 Å². The van der Waals surface area contributed by atoms with Crippen molar-refractivity contribution in [1.29, 1.82) is 0 Å². The molecule has 1 amide bonds. The molecular formula is C17H18N2O6S. The first-order chi connectivity index (χ1) is 12.1. The summed E-state index contributed by atoms with van der Waals surface area (Å²) in [5.41, 5.74) is 1.000. The van der Waals surface area contributed by atoms with Gasteiger partial charge in [0.15, 0.2) is 0 Å². The number of aryl methyl sites for hydroxylation is 1. The first-order valence-electron chi connectivity index (χ1n) is 7.46. The number of rotatable bonds is 6. The second-order valence-electron chi connectivity index (χ2n) is 5.48. The van der Waals surface area contributed by atoms with Gasteiger partial charge in [-0.05, 0) is 48.9 Å². The molecule has 0 saturated carbocycles. The van der Waals surface area contributed by atoms with E-state index < -0.39 is 16.0 Å². The van der Waals surface area contributed by atoms with Crippen LogP contribution in [0.15, 0.2) is 41.3 Å². The first-order valence-corrected chi connectivity index (χ1v) is 8.95. The fourth-order valence-corrected chi connectivity index (χ4v) is 3.41. The lowest BCUT2D eigenvalue weighted by molar-refractivity contribution is -0.114. The van der Waals surface area contributed by atoms with E-state index >= 15 is 0 Å². The van der Waals surface area contributed by atoms with Gasteiger partial charge in [-0.15, -0.1) is 0 Å². The lowest BCUT2D eigenvalue weighted by Crippen LogP contribution is -2.15. The number of amides is 1. The molecule has 9 heteroatoms. The Bertz CT molecular complexity index is 969. The summed E-state index contributed by atoms with van der Waals surface area (Å²) in [6.45, 7) is 2.90. The van der Waals surface area contributed by atoms with E-state index in [0.717, 1.165) is 0 Å². The summed E-state index contributed by atoms with van der Waals surface area (Å²) < 4.78 is 32.8. The second-order valence-corrected chi connectivity index (χ2v) is 7.17. The van der Waals surface area contributed by atoms with Crippen LogP contribution in [-0.4, -0.2) is 32.5 Å². The summed E-state index contributed by atoms with van der Waals surface area (Å²) in [5, 5.41) is 11.5. The highest BCUT2D eigenvalue weighted by Crippen LogP contribution is 2.29. The smallest absolute Gasteiger partial charge is 0.335 e. The quantitative estimate of drug-likeness (QED) is 0.710. The van der Waals surface area contributed by atoms with E-state index in [9.17, 15) is 18.0 Å². The molecular weight excluding hydrogens is 360 g/mol. The molecule has 0 aliphatic heterocycles. The Morgan fingerprint density at radius 2 is 1.77 bits per heavy atom. The zero-order valence-electron chi connectivity index (χ0n) is 14.4. The minimum atomic E-state index is -3.96. The third kappa shape index (κ3) is 4.31. The minimum absolute atomic E-state index is 0.0582. The molecule has 0 aliphatic rings. The van der Waals surface area contributed by atoms with Crippen LogP contribution in [0.25, 0.3) is 0 Å². The largest absolute Gasteiger partial charge is 0.495 e. The number of aromatic carboxylic acids is 1. The van der Waals surface area contributed by atoms with E-state index in [4.69, 9.17) is 9.84 Å². The molecule has 0 heterocycles. The third-order valence-corrected chi connectivity index (χ3v) is 4.87. The van der Waals surface area contributed by atoms with Gasteiger partial charge in [-0.25, -0.2) is 13.2 Å². The molecule has 0 radical (unpaired) electrons. The predicted molar refractivity (Wildman–Crippen MR) is 96.2 cm³/mol. The van der Waals surface area contributed by atoms with E-state index in [2.05, 4.69) is 10.0 Å². The van der Waals surface area contributed by atoms with Gasteiger partial charge in [0, 0.05) is 6.92 Å². The molecule has 138 valence electrons. The highest BCUT2D eigenvalue weighted by molar-refractivity contribution is 7.92. The van der Waals surface area contributed by atoms with Crippen LogP contribution in [0.2, 0.25) is 0 Å². The molecule has 0 aromatic heterocycles. The number of carbonyl (C=O) groups excluding carboxylic acids is 1. The molecule has 2 aromatic rings. The van der Waals surface area contributed by atoms with Crippen molar-refractivity contribution in [3.8, 4) is 5.75 Å². The van der Waals surface area contributed by atoms with E-state index in [1.54, 1.807) is 6.92 Å². The molecule has 0 bridgehead atoms. The predicted octanol–water partition coefficient (Wildman–Crippen LogP) is 2.46. The molecule has 3 N–H and O–H groups in total. The van der Waals surface area contributed by atoms with Gasteiger partial charge in [-0.2, -0.15) is 0 Å². The average molecular weight is 378 g/mol. The summed E-state index contributed by atoms with van der Waals surface area (Å²) in [6, 6.07) is 8.12. The number of anilines is 2. The number of carboxylic acid groups (broad SMARTS) is 1. The SMILES string of the molecule is COc1ccc(S(=O)(=O)Nc2ccc(C(=O)O)cc2C)cc1NC(C)=O. The standard InChI is InChI=1S/C17H18N2O6S/c1-10-8-12(17(21)22)4-6-14(10)19-26(23,24)13-5-7-16(25-3)15(9-13)18-11(2)20/h4-9,19H,1-3H3,(H,18,20)(H,21,22). The molecule has 0 spiro atoms. The third-order valence-electron chi connectivity index (χ3n) is 3.51. The molecule has 0 fully saturated rings. The zero-order chi connectivity index (χ0) is 19.5. The van der Waals surface area contributed by atoms with E-state index in [1.165, 1.54) is 50.4 Å². The fraction of sp³-hybridized carbons (Fsp3) is 0.176. The average Bonchev–Trinajstić information content (AvgIpc) is 2.55. The summed E-state index contributed by atoms with van der Waals surface area (Å²) in [5.74, 6) is -1.15. The Labute approximate surface area is 150 Å². The maximum Gasteiger partial charge on any atom is 0.335 e. The Morgan fingerprint density at radius 1 is 1.08 bits per heavy atom. The molecule has 8 nitrogen and oxygen atoms in total. The molecule has 0 aliphatic carbocycles. The lowest BCUT2D eigenvalue weighted by Gasteiger charge is -2.14. The van der Waals surface area contributed by atoms with Crippen molar-refractivity contribution >= 4 is 33.3 Å². The number of hydrogen-bond donors (Lipinski definition) is 3. The highest BCUT2D eigenvalue weighted by Gasteiger charge is 2.18. The topological polar surface area (TPSA) is 122 Å². The number of carbonyl (C=O) groups is 2. The molecule has 0 unspecified atom stereocenters. The number of hydrogen-bond acceptors (Lipinski definition) is 5. The van der Waals surface area contributed by atoms with Crippen molar-refractivity contribution in [2.75, 3.05) is 17.1 Å². The summed E-state index contributed by atoms with van der Waals surface area (Å²) in [6.07, 6.45) is 0. The lowest BCUT2D eigenvalue weighted by atomic mass is 10.1. The number of ether oxygens (including phenoxy) is 1. The normalized spacial score (nSPS) is 10.9. The Kier molecular flexibility index (Phi) is 5.51. The van der Waals surface area contributed by atoms with Crippen molar-refractivity contribution in [2.45, 2.75) is 18.7 Å².